The first-order chi connectivity index (χ1) is 21.6. The van der Waals surface area contributed by atoms with Crippen LogP contribution in [0.2, 0.25) is 5.02 Å². The Bertz CT molecular complexity index is 1760. The van der Waals surface area contributed by atoms with Crippen LogP contribution in [0.1, 0.15) is 41.6 Å². The molecule has 13 heteroatoms. The minimum Gasteiger partial charge on any atom is -0.492 e. The van der Waals surface area contributed by atoms with Gasteiger partial charge in [-0.25, -0.2) is 18.1 Å². The molecular weight excluding hydrogens is 616 g/mol. The summed E-state index contributed by atoms with van der Waals surface area (Å²) in [6.45, 7) is 3.82. The van der Waals surface area contributed by atoms with Gasteiger partial charge in [-0.1, -0.05) is 74.0 Å². The van der Waals surface area contributed by atoms with Crippen molar-refractivity contribution in [3.63, 3.8) is 0 Å². The maximum Gasteiger partial charge on any atom is 0.251 e. The summed E-state index contributed by atoms with van der Waals surface area (Å²) in [7, 11) is -4.00. The van der Waals surface area contributed by atoms with Gasteiger partial charge in [0.2, 0.25) is 15.9 Å². The first kappa shape index (κ1) is 32.1. The standard InChI is InChI=1S/C32H35ClN6O5S/c1-22(2)29-31-36-30(24-9-4-3-5-10-24)37-39(31)16-17-44-27-13-7-11-25(19-27)32(41)34-14-15-38(20-28(40)35-29)45(42,43)21-23-8-6-12-26(33)18-23/h3-13,18-19,22,29H,14-17,20-21H2,1-2H3,(H,34,41)(H,35,40)/t29-/m0/s1. The third-order valence-corrected chi connectivity index (χ3v) is 9.29. The largest absolute Gasteiger partial charge is 0.492 e. The number of nitrogens with one attached hydrogen (secondary N) is 2. The van der Waals surface area contributed by atoms with Crippen molar-refractivity contribution in [2.24, 2.45) is 5.92 Å². The number of nitrogens with zero attached hydrogens (tertiary/aromatic N) is 4. The summed E-state index contributed by atoms with van der Waals surface area (Å²) in [5, 5.41) is 10.9. The van der Waals surface area contributed by atoms with Crippen LogP contribution in [0.3, 0.4) is 0 Å². The summed E-state index contributed by atoms with van der Waals surface area (Å²) in [5.41, 5.74) is 1.65. The number of sulfonamides is 1. The molecule has 1 aromatic heterocycles. The van der Waals surface area contributed by atoms with Crippen molar-refractivity contribution in [2.75, 3.05) is 26.2 Å². The highest BCUT2D eigenvalue weighted by Crippen LogP contribution is 2.25. The monoisotopic (exact) mass is 650 g/mol. The number of rotatable bonds is 5. The van der Waals surface area contributed by atoms with E-state index in [0.717, 1.165) is 9.87 Å². The second kappa shape index (κ2) is 14.2. The number of halogens is 1. The van der Waals surface area contributed by atoms with Gasteiger partial charge in [0.15, 0.2) is 11.6 Å². The molecule has 2 heterocycles. The Hall–Kier alpha value is -4.26. The van der Waals surface area contributed by atoms with Crippen LogP contribution in [-0.4, -0.2) is 65.5 Å². The Balaban J connectivity index is 1.50. The fourth-order valence-electron chi connectivity index (χ4n) is 4.99. The zero-order chi connectivity index (χ0) is 32.0. The summed E-state index contributed by atoms with van der Waals surface area (Å²) in [6.07, 6.45) is 0. The van der Waals surface area contributed by atoms with Gasteiger partial charge in [-0.15, -0.1) is 0 Å². The van der Waals surface area contributed by atoms with E-state index in [1.165, 1.54) is 0 Å². The molecule has 0 saturated carbocycles. The molecule has 4 aromatic rings. The average molecular weight is 651 g/mol. The molecule has 0 spiro atoms. The molecule has 0 aliphatic carbocycles. The molecule has 1 atom stereocenters. The zero-order valence-electron chi connectivity index (χ0n) is 25.0. The van der Waals surface area contributed by atoms with E-state index < -0.39 is 34.4 Å². The number of carbonyl (C=O) groups is 2. The van der Waals surface area contributed by atoms with Crippen molar-refractivity contribution >= 4 is 33.4 Å². The summed E-state index contributed by atoms with van der Waals surface area (Å²) in [5.74, 6) is 0.113. The third-order valence-electron chi connectivity index (χ3n) is 7.26. The van der Waals surface area contributed by atoms with Gasteiger partial charge in [0.05, 0.1) is 24.9 Å². The molecule has 0 radical (unpaired) electrons. The van der Waals surface area contributed by atoms with Gasteiger partial charge < -0.3 is 15.4 Å². The topological polar surface area (TPSA) is 136 Å². The van der Waals surface area contributed by atoms with Crippen LogP contribution in [0.25, 0.3) is 11.4 Å². The lowest BCUT2D eigenvalue weighted by molar-refractivity contribution is -0.122. The molecule has 2 amide bonds. The highest BCUT2D eigenvalue weighted by atomic mass is 35.5. The van der Waals surface area contributed by atoms with Gasteiger partial charge in [0.1, 0.15) is 12.4 Å². The van der Waals surface area contributed by atoms with Crippen molar-refractivity contribution < 1.29 is 22.7 Å². The van der Waals surface area contributed by atoms with Gasteiger partial charge in [-0.2, -0.15) is 9.40 Å². The van der Waals surface area contributed by atoms with Crippen LogP contribution in [0.5, 0.6) is 5.75 Å². The summed E-state index contributed by atoms with van der Waals surface area (Å²) >= 11 is 6.10. The van der Waals surface area contributed by atoms with Crippen molar-refractivity contribution in [3.05, 3.63) is 101 Å². The highest BCUT2D eigenvalue weighted by molar-refractivity contribution is 7.88. The first-order valence-electron chi connectivity index (χ1n) is 14.6. The molecule has 3 aromatic carbocycles. The molecule has 2 N–H and O–H groups in total. The molecule has 0 unspecified atom stereocenters. The molecule has 5 rings (SSSR count). The van der Waals surface area contributed by atoms with E-state index in [9.17, 15) is 18.0 Å². The summed E-state index contributed by atoms with van der Waals surface area (Å²) in [6, 6.07) is 22.2. The fraction of sp³-hybridized carbons (Fsp3) is 0.312. The summed E-state index contributed by atoms with van der Waals surface area (Å²) in [4.78, 5) is 31.3. The third kappa shape index (κ3) is 8.27. The number of hydrogen-bond donors (Lipinski definition) is 2. The van der Waals surface area contributed by atoms with Crippen LogP contribution < -0.4 is 15.4 Å². The van der Waals surface area contributed by atoms with E-state index in [4.69, 9.17) is 26.4 Å². The molecule has 1 aliphatic rings. The number of hydrogen-bond acceptors (Lipinski definition) is 7. The van der Waals surface area contributed by atoms with E-state index in [0.29, 0.717) is 40.1 Å². The Morgan fingerprint density at radius 2 is 1.73 bits per heavy atom. The second-order valence-electron chi connectivity index (χ2n) is 11.0. The highest BCUT2D eigenvalue weighted by Gasteiger charge is 2.30. The minimum atomic E-state index is -4.00. The Morgan fingerprint density at radius 1 is 0.978 bits per heavy atom. The molecule has 0 saturated heterocycles. The number of ether oxygens (including phenoxy) is 1. The van der Waals surface area contributed by atoms with Crippen molar-refractivity contribution in [2.45, 2.75) is 32.2 Å². The number of fused-ring (bicyclic) bond motifs is 3. The quantitative estimate of drug-likeness (QED) is 0.332. The number of amides is 2. The van der Waals surface area contributed by atoms with Crippen LogP contribution in [0.15, 0.2) is 78.9 Å². The maximum atomic E-state index is 13.6. The summed E-state index contributed by atoms with van der Waals surface area (Å²) < 4.78 is 36.1. The smallest absolute Gasteiger partial charge is 0.251 e. The number of carbonyl (C=O) groups excluding carboxylic acids is 2. The second-order valence-corrected chi connectivity index (χ2v) is 13.4. The SMILES string of the molecule is CC(C)[C@@H]1NC(=O)CN(S(=O)(=O)Cc2cccc(Cl)c2)CCNC(=O)c2cccc(c2)OCCn2nc(-c3ccccc3)nc21. The molecule has 2 bridgehead atoms. The van der Waals surface area contributed by atoms with E-state index in [1.54, 1.807) is 53.2 Å². The van der Waals surface area contributed by atoms with Crippen molar-refractivity contribution in [1.82, 2.24) is 29.7 Å². The predicted octanol–water partition coefficient (Wildman–Crippen LogP) is 4.07. The maximum absolute atomic E-state index is 13.6. The van der Waals surface area contributed by atoms with Crippen molar-refractivity contribution in [3.8, 4) is 17.1 Å². The van der Waals surface area contributed by atoms with Gasteiger partial charge in [0.25, 0.3) is 5.91 Å². The minimum absolute atomic E-state index is 0.0195. The van der Waals surface area contributed by atoms with Gasteiger partial charge in [0, 0.05) is 29.2 Å². The van der Waals surface area contributed by atoms with Crippen molar-refractivity contribution in [1.29, 1.82) is 0 Å². The lowest BCUT2D eigenvalue weighted by atomic mass is 10.0. The number of benzene rings is 3. The van der Waals surface area contributed by atoms with E-state index in [-0.39, 0.29) is 31.4 Å². The normalized spacial score (nSPS) is 17.1. The zero-order valence-corrected chi connectivity index (χ0v) is 26.6. The van der Waals surface area contributed by atoms with E-state index in [1.807, 2.05) is 44.2 Å². The van der Waals surface area contributed by atoms with Crippen LogP contribution in [0, 0.1) is 5.92 Å². The first-order valence-corrected chi connectivity index (χ1v) is 16.6. The van der Waals surface area contributed by atoms with Gasteiger partial charge >= 0.3 is 0 Å². The lowest BCUT2D eigenvalue weighted by Gasteiger charge is -2.26. The average Bonchev–Trinajstić information content (AvgIpc) is 3.43. The number of aromatic nitrogens is 3. The van der Waals surface area contributed by atoms with E-state index in [2.05, 4.69) is 10.6 Å². The Kier molecular flexibility index (Phi) is 10.2. The predicted molar refractivity (Wildman–Crippen MR) is 171 cm³/mol. The Morgan fingerprint density at radius 3 is 2.49 bits per heavy atom. The van der Waals surface area contributed by atoms with Gasteiger partial charge in [-0.3, -0.25) is 9.59 Å². The van der Waals surface area contributed by atoms with Crippen LogP contribution >= 0.6 is 11.6 Å². The van der Waals surface area contributed by atoms with Gasteiger partial charge in [-0.05, 0) is 41.8 Å². The molecular formula is C32H35ClN6O5S. The van der Waals surface area contributed by atoms with Crippen LogP contribution in [-0.2, 0) is 27.1 Å². The Labute approximate surface area is 267 Å². The molecule has 0 fully saturated rings. The molecule has 45 heavy (non-hydrogen) atoms. The molecule has 236 valence electrons. The van der Waals surface area contributed by atoms with Crippen LogP contribution in [0.4, 0.5) is 0 Å². The van der Waals surface area contributed by atoms with E-state index >= 15 is 0 Å². The molecule has 11 nitrogen and oxygen atoms in total. The lowest BCUT2D eigenvalue weighted by Crippen LogP contribution is -2.46. The fourth-order valence-corrected chi connectivity index (χ4v) is 6.66. The molecule has 1 aliphatic heterocycles.